The fourth-order valence-corrected chi connectivity index (χ4v) is 3.25. The van der Waals surface area contributed by atoms with Crippen molar-refractivity contribution in [1.82, 2.24) is 0 Å². The Balaban J connectivity index is 2.45. The van der Waals surface area contributed by atoms with Gasteiger partial charge >= 0.3 is 7.60 Å². The number of hydrogen-bond donors (Lipinski definition) is 1. The van der Waals surface area contributed by atoms with Crippen molar-refractivity contribution >= 4 is 13.3 Å². The van der Waals surface area contributed by atoms with Gasteiger partial charge in [-0.3, -0.25) is 9.77 Å². The van der Waals surface area contributed by atoms with Crippen LogP contribution in [0.1, 0.15) is 11.5 Å². The summed E-state index contributed by atoms with van der Waals surface area (Å²) in [5, 5.41) is 11.2. The molecular weight excluding hydrogens is 281 g/mol. The van der Waals surface area contributed by atoms with Gasteiger partial charge in [-0.15, -0.1) is 0 Å². The van der Waals surface area contributed by atoms with E-state index in [1.165, 1.54) is 20.5 Å². The van der Waals surface area contributed by atoms with E-state index in [4.69, 9.17) is 13.5 Å². The monoisotopic (exact) mass is 297 g/mol. The van der Waals surface area contributed by atoms with E-state index in [1.807, 2.05) is 6.07 Å². The van der Waals surface area contributed by atoms with Gasteiger partial charge in [-0.25, -0.2) is 5.06 Å². The summed E-state index contributed by atoms with van der Waals surface area (Å²) < 4.78 is 27.9. The summed E-state index contributed by atoms with van der Waals surface area (Å²) in [5.74, 6) is -0.807. The molecule has 7 heteroatoms. The summed E-state index contributed by atoms with van der Waals surface area (Å²) in [7, 11) is -1.09. The van der Waals surface area contributed by atoms with Crippen LogP contribution >= 0.6 is 7.60 Å². The summed E-state index contributed by atoms with van der Waals surface area (Å²) in [6.07, 6.45) is 1.43. The van der Waals surface area contributed by atoms with Crippen molar-refractivity contribution in [2.75, 3.05) is 19.3 Å². The van der Waals surface area contributed by atoms with Crippen LogP contribution < -0.4 is 5.06 Å². The van der Waals surface area contributed by atoms with E-state index in [0.29, 0.717) is 5.69 Å². The average Bonchev–Trinajstić information content (AvgIpc) is 3.01. The Morgan fingerprint density at radius 2 is 1.80 bits per heavy atom. The number of anilines is 1. The predicted octanol–water partition coefficient (Wildman–Crippen LogP) is 3.66. The number of hydroxylamine groups is 1. The minimum atomic E-state index is -3.62. The lowest BCUT2D eigenvalue weighted by Crippen LogP contribution is -2.25. The molecule has 0 amide bonds. The second-order valence-corrected chi connectivity index (χ2v) is 6.27. The van der Waals surface area contributed by atoms with E-state index < -0.39 is 13.4 Å². The van der Waals surface area contributed by atoms with E-state index in [9.17, 15) is 9.77 Å². The van der Waals surface area contributed by atoms with Crippen molar-refractivity contribution < 1.29 is 23.2 Å². The lowest BCUT2D eigenvalue weighted by molar-refractivity contribution is 0.195. The summed E-state index contributed by atoms with van der Waals surface area (Å²) in [6.45, 7) is 0. The third kappa shape index (κ3) is 2.78. The minimum Gasteiger partial charge on any atom is -0.466 e. The van der Waals surface area contributed by atoms with Crippen LogP contribution in [0, 0.1) is 0 Å². The quantitative estimate of drug-likeness (QED) is 0.648. The van der Waals surface area contributed by atoms with Crippen LogP contribution in [-0.4, -0.2) is 19.4 Å². The molecule has 108 valence electrons. The maximum Gasteiger partial charge on any atom is 0.362 e. The zero-order valence-corrected chi connectivity index (χ0v) is 12.1. The molecule has 0 aliphatic carbocycles. The molecule has 1 aromatic heterocycles. The molecule has 0 fully saturated rings. The van der Waals surface area contributed by atoms with Gasteiger partial charge in [-0.2, -0.15) is 0 Å². The summed E-state index contributed by atoms with van der Waals surface area (Å²) in [6, 6.07) is 11.9. The Morgan fingerprint density at radius 3 is 2.30 bits per heavy atom. The van der Waals surface area contributed by atoms with E-state index in [-0.39, 0.29) is 5.76 Å². The molecular formula is C13H16NO5P. The third-order valence-electron chi connectivity index (χ3n) is 2.86. The van der Waals surface area contributed by atoms with Gasteiger partial charge in [0.15, 0.2) is 0 Å². The lowest BCUT2D eigenvalue weighted by Gasteiger charge is -2.30. The van der Waals surface area contributed by atoms with Crippen LogP contribution in [0.2, 0.25) is 0 Å². The zero-order chi connectivity index (χ0) is 14.6. The third-order valence-corrected chi connectivity index (χ3v) is 4.95. The number of rotatable bonds is 6. The molecule has 2 rings (SSSR count). The summed E-state index contributed by atoms with van der Waals surface area (Å²) in [5.41, 5.74) is 0.447. The van der Waals surface area contributed by atoms with Crippen molar-refractivity contribution in [3.8, 4) is 0 Å². The Morgan fingerprint density at radius 1 is 1.15 bits per heavy atom. The molecule has 0 spiro atoms. The maximum atomic E-state index is 12.7. The van der Waals surface area contributed by atoms with E-state index in [0.717, 1.165) is 5.06 Å². The Bertz CT molecular complexity index is 564. The Labute approximate surface area is 117 Å². The highest BCUT2D eigenvalue weighted by Crippen LogP contribution is 2.61. The number of hydrogen-bond acceptors (Lipinski definition) is 6. The predicted molar refractivity (Wildman–Crippen MR) is 73.8 cm³/mol. The smallest absolute Gasteiger partial charge is 0.362 e. The van der Waals surface area contributed by atoms with Gasteiger partial charge in [-0.1, -0.05) is 18.2 Å². The molecule has 0 bridgehead atoms. The SMILES string of the molecule is COP(=O)(OC)C(c1ccco1)N(O)c1ccccc1. The van der Waals surface area contributed by atoms with Gasteiger partial charge in [0.1, 0.15) is 5.76 Å². The van der Waals surface area contributed by atoms with Gasteiger partial charge in [-0.05, 0) is 24.3 Å². The molecule has 0 radical (unpaired) electrons. The molecule has 1 heterocycles. The molecule has 1 aromatic carbocycles. The first kappa shape index (κ1) is 14.8. The molecule has 1 N–H and O–H groups in total. The van der Waals surface area contributed by atoms with Gasteiger partial charge in [0.25, 0.3) is 0 Å². The minimum absolute atomic E-state index is 0.281. The zero-order valence-electron chi connectivity index (χ0n) is 11.2. The van der Waals surface area contributed by atoms with Crippen LogP contribution in [0.25, 0.3) is 0 Å². The number of benzene rings is 1. The Hall–Kier alpha value is -1.59. The van der Waals surface area contributed by atoms with Crippen molar-refractivity contribution in [2.45, 2.75) is 5.78 Å². The Kier molecular flexibility index (Phi) is 4.62. The maximum absolute atomic E-state index is 12.7. The molecule has 0 saturated carbocycles. The van der Waals surface area contributed by atoms with Crippen LogP contribution in [0.15, 0.2) is 53.1 Å². The van der Waals surface area contributed by atoms with Crippen LogP contribution in [0.5, 0.6) is 0 Å². The fraction of sp³-hybridized carbons (Fsp3) is 0.231. The first-order valence-electron chi connectivity index (χ1n) is 5.90. The molecule has 0 aliphatic rings. The first-order chi connectivity index (χ1) is 9.62. The van der Waals surface area contributed by atoms with Gasteiger partial charge < -0.3 is 13.5 Å². The summed E-state index contributed by atoms with van der Waals surface area (Å²) >= 11 is 0. The second-order valence-electron chi connectivity index (χ2n) is 3.97. The van der Waals surface area contributed by atoms with Crippen molar-refractivity contribution in [1.29, 1.82) is 0 Å². The highest BCUT2D eigenvalue weighted by atomic mass is 31.2. The summed E-state index contributed by atoms with van der Waals surface area (Å²) in [4.78, 5) is 0. The fourth-order valence-electron chi connectivity index (χ4n) is 1.84. The van der Waals surface area contributed by atoms with E-state index in [1.54, 1.807) is 36.4 Å². The van der Waals surface area contributed by atoms with E-state index >= 15 is 0 Å². The van der Waals surface area contributed by atoms with Gasteiger partial charge in [0, 0.05) is 14.2 Å². The van der Waals surface area contributed by atoms with Crippen molar-refractivity contribution in [3.63, 3.8) is 0 Å². The largest absolute Gasteiger partial charge is 0.466 e. The topological polar surface area (TPSA) is 72.1 Å². The van der Waals surface area contributed by atoms with Crippen LogP contribution in [0.4, 0.5) is 5.69 Å². The number of nitrogens with zero attached hydrogens (tertiary/aromatic N) is 1. The molecule has 1 unspecified atom stereocenters. The molecule has 2 aromatic rings. The first-order valence-corrected chi connectivity index (χ1v) is 7.51. The highest BCUT2D eigenvalue weighted by molar-refractivity contribution is 7.54. The highest BCUT2D eigenvalue weighted by Gasteiger charge is 2.42. The lowest BCUT2D eigenvalue weighted by atomic mass is 10.3. The average molecular weight is 297 g/mol. The standard InChI is InChI=1S/C13H16NO5P/c1-17-20(16,18-2)13(12-9-6-10-19-12)14(15)11-7-4-3-5-8-11/h3-10,13,15H,1-2H3. The van der Waals surface area contributed by atoms with E-state index in [2.05, 4.69) is 0 Å². The molecule has 1 atom stereocenters. The second kappa shape index (κ2) is 6.24. The van der Waals surface area contributed by atoms with Gasteiger partial charge in [0.2, 0.25) is 5.78 Å². The molecule has 20 heavy (non-hydrogen) atoms. The molecule has 6 nitrogen and oxygen atoms in total. The van der Waals surface area contributed by atoms with Crippen LogP contribution in [-0.2, 0) is 13.6 Å². The normalized spacial score (nSPS) is 13.2. The van der Waals surface area contributed by atoms with Crippen molar-refractivity contribution in [2.24, 2.45) is 0 Å². The molecule has 0 saturated heterocycles. The van der Waals surface area contributed by atoms with Crippen LogP contribution in [0.3, 0.4) is 0 Å². The van der Waals surface area contributed by atoms with Crippen molar-refractivity contribution in [3.05, 3.63) is 54.5 Å². The number of para-hydroxylation sites is 1. The van der Waals surface area contributed by atoms with Gasteiger partial charge in [0.05, 0.1) is 12.0 Å². The number of furan rings is 1. The molecule has 0 aliphatic heterocycles.